The fourth-order valence-corrected chi connectivity index (χ4v) is 3.45. The highest BCUT2D eigenvalue weighted by atomic mass is 19.1. The second kappa shape index (κ2) is 8.48. The van der Waals surface area contributed by atoms with E-state index in [2.05, 4.69) is 10.6 Å². The molecule has 2 aromatic rings. The quantitative estimate of drug-likeness (QED) is 0.735. The molecule has 2 amide bonds. The third-order valence-electron chi connectivity index (χ3n) is 4.84. The van der Waals surface area contributed by atoms with Crippen LogP contribution in [-0.2, 0) is 22.4 Å². The maximum absolute atomic E-state index is 13.2. The molecule has 0 aromatic heterocycles. The number of carbonyl (C=O) groups is 2. The zero-order valence-electron chi connectivity index (χ0n) is 15.4. The lowest BCUT2D eigenvalue weighted by Gasteiger charge is -2.31. The van der Waals surface area contributed by atoms with Crippen molar-refractivity contribution in [2.24, 2.45) is 0 Å². The average molecular weight is 388 g/mol. The van der Waals surface area contributed by atoms with Gasteiger partial charge in [-0.2, -0.15) is 0 Å². The number of amides is 2. The predicted molar refractivity (Wildman–Crippen MR) is 99.3 cm³/mol. The zero-order chi connectivity index (χ0) is 20.3. The Morgan fingerprint density at radius 2 is 1.86 bits per heavy atom. The fourth-order valence-electron chi connectivity index (χ4n) is 3.45. The summed E-state index contributed by atoms with van der Waals surface area (Å²) in [5.41, 5.74) is 2.12. The van der Waals surface area contributed by atoms with Crippen LogP contribution < -0.4 is 10.6 Å². The first-order valence-corrected chi connectivity index (χ1v) is 9.14. The molecule has 0 aliphatic heterocycles. The van der Waals surface area contributed by atoms with Gasteiger partial charge in [-0.25, -0.2) is 8.78 Å². The molecule has 5 nitrogen and oxygen atoms in total. The summed E-state index contributed by atoms with van der Waals surface area (Å²) in [7, 11) is 0. The summed E-state index contributed by atoms with van der Waals surface area (Å²) in [6.45, 7) is 1.51. The number of hydrogen-bond acceptors (Lipinski definition) is 3. The van der Waals surface area contributed by atoms with Gasteiger partial charge in [-0.1, -0.05) is 24.3 Å². The van der Waals surface area contributed by atoms with E-state index >= 15 is 0 Å². The van der Waals surface area contributed by atoms with Gasteiger partial charge in [-0.15, -0.1) is 0 Å². The van der Waals surface area contributed by atoms with E-state index in [4.69, 9.17) is 0 Å². The maximum Gasteiger partial charge on any atom is 0.242 e. The van der Waals surface area contributed by atoms with E-state index in [1.165, 1.54) is 6.92 Å². The summed E-state index contributed by atoms with van der Waals surface area (Å²) in [6.07, 6.45) is 0.312. The number of halogens is 2. The second-order valence-corrected chi connectivity index (χ2v) is 7.03. The van der Waals surface area contributed by atoms with Crippen LogP contribution in [0.4, 0.5) is 8.78 Å². The number of fused-ring (bicyclic) bond motifs is 1. The van der Waals surface area contributed by atoms with Crippen molar-refractivity contribution in [3.05, 3.63) is 70.8 Å². The van der Waals surface area contributed by atoms with Crippen LogP contribution in [0.1, 0.15) is 36.1 Å². The molecule has 0 fully saturated rings. The summed E-state index contributed by atoms with van der Waals surface area (Å²) < 4.78 is 26.5. The number of carbonyl (C=O) groups excluding carboxylic acids is 2. The van der Waals surface area contributed by atoms with Crippen LogP contribution in [0.15, 0.2) is 42.5 Å². The molecule has 3 N–H and O–H groups in total. The van der Waals surface area contributed by atoms with E-state index in [-0.39, 0.29) is 12.0 Å². The smallest absolute Gasteiger partial charge is 0.242 e. The molecule has 3 atom stereocenters. The van der Waals surface area contributed by atoms with Gasteiger partial charge < -0.3 is 15.7 Å². The van der Waals surface area contributed by atoms with Crippen molar-refractivity contribution in [1.82, 2.24) is 10.6 Å². The molecule has 0 spiro atoms. The molecular weight excluding hydrogens is 366 g/mol. The third-order valence-corrected chi connectivity index (χ3v) is 4.84. The number of aryl methyl sites for hydroxylation is 1. The molecular formula is C21H22F2N2O3. The van der Waals surface area contributed by atoms with Gasteiger partial charge in [-0.3, -0.25) is 9.59 Å². The van der Waals surface area contributed by atoms with Gasteiger partial charge >= 0.3 is 0 Å². The fraction of sp³-hybridized carbons (Fsp3) is 0.333. The van der Waals surface area contributed by atoms with Gasteiger partial charge in [0, 0.05) is 6.07 Å². The lowest BCUT2D eigenvalue weighted by atomic mass is 9.85. The molecule has 7 heteroatoms. The Hall–Kier alpha value is -2.80. The molecule has 2 aromatic carbocycles. The minimum Gasteiger partial charge on any atom is -0.391 e. The molecule has 148 valence electrons. The van der Waals surface area contributed by atoms with Crippen molar-refractivity contribution < 1.29 is 23.5 Å². The molecule has 2 unspecified atom stereocenters. The van der Waals surface area contributed by atoms with Gasteiger partial charge in [0.15, 0.2) is 0 Å². The van der Waals surface area contributed by atoms with Crippen LogP contribution in [-0.4, -0.2) is 29.1 Å². The standard InChI is InChI=1S/C21H22F2N2O3/c1-12(24-19(27)10-13-8-15(22)11-16(23)9-13)21(28)25-20-17-5-3-2-4-14(17)6-7-18(20)26/h2-5,8-9,11-12,18,20,26H,6-7,10H2,1H3,(H,24,27)(H,25,28)/t12-,18?,20?/m0/s1. The van der Waals surface area contributed by atoms with Gasteiger partial charge in [-0.05, 0) is 48.6 Å². The Balaban J connectivity index is 1.61. The number of rotatable bonds is 5. The Morgan fingerprint density at radius 1 is 1.18 bits per heavy atom. The van der Waals surface area contributed by atoms with Crippen LogP contribution in [0.2, 0.25) is 0 Å². The van der Waals surface area contributed by atoms with Crippen molar-refractivity contribution in [2.75, 3.05) is 0 Å². The van der Waals surface area contributed by atoms with E-state index in [1.807, 2.05) is 24.3 Å². The van der Waals surface area contributed by atoms with Crippen molar-refractivity contribution in [3.63, 3.8) is 0 Å². The number of benzene rings is 2. The first kappa shape index (κ1) is 19.9. The van der Waals surface area contributed by atoms with E-state index in [1.54, 1.807) is 0 Å². The molecule has 0 saturated carbocycles. The lowest BCUT2D eigenvalue weighted by molar-refractivity contribution is -0.129. The predicted octanol–water partition coefficient (Wildman–Crippen LogP) is 2.18. The lowest BCUT2D eigenvalue weighted by Crippen LogP contribution is -2.49. The zero-order valence-corrected chi connectivity index (χ0v) is 15.4. The second-order valence-electron chi connectivity index (χ2n) is 7.03. The SMILES string of the molecule is C[C@H](NC(=O)Cc1cc(F)cc(F)c1)C(=O)NC1c2ccccc2CCC1O. The van der Waals surface area contributed by atoms with Crippen molar-refractivity contribution in [2.45, 2.75) is 44.4 Å². The molecule has 0 radical (unpaired) electrons. The van der Waals surface area contributed by atoms with E-state index in [0.29, 0.717) is 6.42 Å². The Labute approximate surface area is 161 Å². The molecule has 28 heavy (non-hydrogen) atoms. The summed E-state index contributed by atoms with van der Waals surface area (Å²) in [6, 6.07) is 9.04. The number of aliphatic hydroxyl groups excluding tert-OH is 1. The summed E-state index contributed by atoms with van der Waals surface area (Å²) in [4.78, 5) is 24.6. The normalized spacial score (nSPS) is 19.4. The minimum absolute atomic E-state index is 0.180. The Kier molecular flexibility index (Phi) is 6.04. The molecule has 1 aliphatic carbocycles. The van der Waals surface area contributed by atoms with Crippen molar-refractivity contribution in [1.29, 1.82) is 0 Å². The van der Waals surface area contributed by atoms with Crippen molar-refractivity contribution in [3.8, 4) is 0 Å². The van der Waals surface area contributed by atoms with Crippen LogP contribution in [0.5, 0.6) is 0 Å². The largest absolute Gasteiger partial charge is 0.391 e. The maximum atomic E-state index is 13.2. The minimum atomic E-state index is -0.868. The first-order valence-electron chi connectivity index (χ1n) is 9.14. The first-order chi connectivity index (χ1) is 13.3. The molecule has 0 saturated heterocycles. The Morgan fingerprint density at radius 3 is 2.57 bits per heavy atom. The number of nitrogens with one attached hydrogen (secondary N) is 2. The van der Waals surface area contributed by atoms with Crippen LogP contribution in [0.25, 0.3) is 0 Å². The average Bonchev–Trinajstić information content (AvgIpc) is 2.63. The van der Waals surface area contributed by atoms with Crippen molar-refractivity contribution >= 4 is 11.8 Å². The molecule has 0 heterocycles. The van der Waals surface area contributed by atoms with Gasteiger partial charge in [0.1, 0.15) is 17.7 Å². The molecule has 3 rings (SSSR count). The van der Waals surface area contributed by atoms with Gasteiger partial charge in [0.2, 0.25) is 11.8 Å². The van der Waals surface area contributed by atoms with E-state index in [0.717, 1.165) is 35.7 Å². The number of hydrogen-bond donors (Lipinski definition) is 3. The summed E-state index contributed by atoms with van der Waals surface area (Å²) >= 11 is 0. The van der Waals surface area contributed by atoms with E-state index in [9.17, 15) is 23.5 Å². The summed E-state index contributed by atoms with van der Waals surface area (Å²) in [5, 5.41) is 15.6. The molecule has 0 bridgehead atoms. The topological polar surface area (TPSA) is 78.4 Å². The summed E-state index contributed by atoms with van der Waals surface area (Å²) in [5.74, 6) is -2.51. The highest BCUT2D eigenvalue weighted by Crippen LogP contribution is 2.29. The van der Waals surface area contributed by atoms with Gasteiger partial charge in [0.25, 0.3) is 0 Å². The Bertz CT molecular complexity index is 867. The van der Waals surface area contributed by atoms with Gasteiger partial charge in [0.05, 0.1) is 18.6 Å². The molecule has 1 aliphatic rings. The van der Waals surface area contributed by atoms with E-state index < -0.39 is 41.6 Å². The third kappa shape index (κ3) is 4.72. The number of aliphatic hydroxyl groups is 1. The van der Waals surface area contributed by atoms with Crippen LogP contribution >= 0.6 is 0 Å². The highest BCUT2D eigenvalue weighted by molar-refractivity contribution is 5.88. The van der Waals surface area contributed by atoms with Crippen LogP contribution in [0.3, 0.4) is 0 Å². The monoisotopic (exact) mass is 388 g/mol. The van der Waals surface area contributed by atoms with Crippen LogP contribution in [0, 0.1) is 11.6 Å². The highest BCUT2D eigenvalue weighted by Gasteiger charge is 2.30.